The van der Waals surface area contributed by atoms with E-state index < -0.39 is 6.04 Å². The van der Waals surface area contributed by atoms with E-state index in [1.165, 1.54) is 0 Å². The SMILES string of the molecule is Cc1ccc2c(c1)O[C@@H](C)CN2C(=O)[C@@H](C)N. The minimum atomic E-state index is -0.491. The van der Waals surface area contributed by atoms with Gasteiger partial charge in [-0.25, -0.2) is 0 Å². The topological polar surface area (TPSA) is 55.6 Å². The Morgan fingerprint density at radius 2 is 2.29 bits per heavy atom. The van der Waals surface area contributed by atoms with E-state index in [1.807, 2.05) is 32.0 Å². The zero-order valence-corrected chi connectivity index (χ0v) is 10.4. The molecule has 2 atom stereocenters. The Labute approximate surface area is 101 Å². The number of hydrogen-bond acceptors (Lipinski definition) is 3. The van der Waals surface area contributed by atoms with Gasteiger partial charge < -0.3 is 15.4 Å². The van der Waals surface area contributed by atoms with Crippen molar-refractivity contribution in [2.24, 2.45) is 5.73 Å². The number of rotatable bonds is 1. The maximum Gasteiger partial charge on any atom is 0.243 e. The molecule has 0 radical (unpaired) electrons. The maximum absolute atomic E-state index is 12.0. The van der Waals surface area contributed by atoms with Crippen molar-refractivity contribution in [2.45, 2.75) is 32.9 Å². The maximum atomic E-state index is 12.0. The number of fused-ring (bicyclic) bond motifs is 1. The first-order valence-electron chi connectivity index (χ1n) is 5.83. The van der Waals surface area contributed by atoms with Crippen LogP contribution in [0.15, 0.2) is 18.2 Å². The summed E-state index contributed by atoms with van der Waals surface area (Å²) < 4.78 is 5.74. The number of ether oxygens (including phenoxy) is 1. The van der Waals surface area contributed by atoms with Crippen LogP contribution in [-0.2, 0) is 4.79 Å². The number of anilines is 1. The molecule has 1 aliphatic rings. The van der Waals surface area contributed by atoms with Crippen molar-refractivity contribution in [3.05, 3.63) is 23.8 Å². The van der Waals surface area contributed by atoms with Gasteiger partial charge >= 0.3 is 0 Å². The number of aryl methyl sites for hydroxylation is 1. The summed E-state index contributed by atoms with van der Waals surface area (Å²) in [6, 6.07) is 5.34. The largest absolute Gasteiger partial charge is 0.487 e. The van der Waals surface area contributed by atoms with Crippen LogP contribution in [0.25, 0.3) is 0 Å². The summed E-state index contributed by atoms with van der Waals surface area (Å²) in [7, 11) is 0. The van der Waals surface area contributed by atoms with E-state index in [9.17, 15) is 4.79 Å². The minimum Gasteiger partial charge on any atom is -0.487 e. The second-order valence-electron chi connectivity index (χ2n) is 4.64. The molecular formula is C13H18N2O2. The van der Waals surface area contributed by atoms with Crippen molar-refractivity contribution in [2.75, 3.05) is 11.4 Å². The molecule has 4 nitrogen and oxygen atoms in total. The van der Waals surface area contributed by atoms with Crippen LogP contribution in [-0.4, -0.2) is 24.6 Å². The van der Waals surface area contributed by atoms with Gasteiger partial charge in [-0.15, -0.1) is 0 Å². The van der Waals surface area contributed by atoms with Crippen LogP contribution in [0.4, 0.5) is 5.69 Å². The number of amides is 1. The lowest BCUT2D eigenvalue weighted by molar-refractivity contribution is -0.119. The van der Waals surface area contributed by atoms with E-state index in [1.54, 1.807) is 11.8 Å². The highest BCUT2D eigenvalue weighted by molar-refractivity contribution is 5.98. The minimum absolute atomic E-state index is 0.00741. The van der Waals surface area contributed by atoms with Gasteiger partial charge in [-0.1, -0.05) is 6.07 Å². The van der Waals surface area contributed by atoms with Gasteiger partial charge in [0.1, 0.15) is 11.9 Å². The Morgan fingerprint density at radius 3 is 2.94 bits per heavy atom. The van der Waals surface area contributed by atoms with Gasteiger partial charge in [-0.05, 0) is 38.5 Å². The Balaban J connectivity index is 2.41. The molecule has 0 unspecified atom stereocenters. The number of nitrogens with two attached hydrogens (primary N) is 1. The van der Waals surface area contributed by atoms with Crippen LogP contribution in [0, 0.1) is 6.92 Å². The van der Waals surface area contributed by atoms with Crippen LogP contribution in [0.3, 0.4) is 0 Å². The molecule has 0 fully saturated rings. The highest BCUT2D eigenvalue weighted by Crippen LogP contribution is 2.34. The monoisotopic (exact) mass is 234 g/mol. The Bertz CT molecular complexity index is 443. The predicted molar refractivity (Wildman–Crippen MR) is 67.3 cm³/mol. The molecule has 2 rings (SSSR count). The molecule has 2 N–H and O–H groups in total. The lowest BCUT2D eigenvalue weighted by Gasteiger charge is -2.34. The summed E-state index contributed by atoms with van der Waals surface area (Å²) in [6.07, 6.45) is -0.00741. The lowest BCUT2D eigenvalue weighted by Crippen LogP contribution is -2.48. The normalized spacial score (nSPS) is 20.5. The van der Waals surface area contributed by atoms with Crippen LogP contribution in [0.2, 0.25) is 0 Å². The zero-order valence-electron chi connectivity index (χ0n) is 10.4. The molecule has 1 aromatic rings. The fourth-order valence-electron chi connectivity index (χ4n) is 2.00. The van der Waals surface area contributed by atoms with E-state index in [0.717, 1.165) is 17.0 Å². The molecule has 0 saturated carbocycles. The highest BCUT2D eigenvalue weighted by atomic mass is 16.5. The van der Waals surface area contributed by atoms with Crippen LogP contribution < -0.4 is 15.4 Å². The molecule has 92 valence electrons. The molecule has 1 aliphatic heterocycles. The third-order valence-corrected chi connectivity index (χ3v) is 2.83. The number of benzene rings is 1. The Hall–Kier alpha value is -1.55. The third kappa shape index (κ3) is 2.26. The summed E-state index contributed by atoms with van der Waals surface area (Å²) >= 11 is 0. The van der Waals surface area contributed by atoms with Crippen molar-refractivity contribution >= 4 is 11.6 Å². The quantitative estimate of drug-likeness (QED) is 0.800. The van der Waals surface area contributed by atoms with Gasteiger partial charge in [0.15, 0.2) is 0 Å². The molecule has 17 heavy (non-hydrogen) atoms. The van der Waals surface area contributed by atoms with Gasteiger partial charge in [-0.2, -0.15) is 0 Å². The first-order valence-corrected chi connectivity index (χ1v) is 5.83. The van der Waals surface area contributed by atoms with Gasteiger partial charge in [0.2, 0.25) is 5.91 Å². The predicted octanol–water partition coefficient (Wildman–Crippen LogP) is 1.46. The number of hydrogen-bond donors (Lipinski definition) is 1. The fraction of sp³-hybridized carbons (Fsp3) is 0.462. The molecule has 0 aromatic heterocycles. The van der Waals surface area contributed by atoms with E-state index in [4.69, 9.17) is 10.5 Å². The van der Waals surface area contributed by atoms with Gasteiger partial charge in [0, 0.05) is 0 Å². The smallest absolute Gasteiger partial charge is 0.243 e. The summed E-state index contributed by atoms with van der Waals surface area (Å²) in [6.45, 7) is 6.21. The van der Waals surface area contributed by atoms with E-state index in [2.05, 4.69) is 0 Å². The summed E-state index contributed by atoms with van der Waals surface area (Å²) in [5.74, 6) is 0.697. The third-order valence-electron chi connectivity index (χ3n) is 2.83. The van der Waals surface area contributed by atoms with Gasteiger partial charge in [0.05, 0.1) is 18.3 Å². The molecule has 0 spiro atoms. The average molecular weight is 234 g/mol. The molecular weight excluding hydrogens is 216 g/mol. The first kappa shape index (κ1) is 11.9. The number of nitrogens with zero attached hydrogens (tertiary/aromatic N) is 1. The Morgan fingerprint density at radius 1 is 1.59 bits per heavy atom. The summed E-state index contributed by atoms with van der Waals surface area (Å²) in [5.41, 5.74) is 7.60. The molecule has 4 heteroatoms. The van der Waals surface area contributed by atoms with Crippen molar-refractivity contribution in [3.8, 4) is 5.75 Å². The van der Waals surface area contributed by atoms with E-state index in [0.29, 0.717) is 6.54 Å². The van der Waals surface area contributed by atoms with Crippen molar-refractivity contribution in [1.82, 2.24) is 0 Å². The molecule has 1 heterocycles. The summed E-state index contributed by atoms with van der Waals surface area (Å²) in [5, 5.41) is 0. The second kappa shape index (κ2) is 4.37. The number of carbonyl (C=O) groups is 1. The van der Waals surface area contributed by atoms with Crippen molar-refractivity contribution in [3.63, 3.8) is 0 Å². The highest BCUT2D eigenvalue weighted by Gasteiger charge is 2.28. The molecule has 1 amide bonds. The first-order chi connectivity index (χ1) is 7.99. The van der Waals surface area contributed by atoms with Gasteiger partial charge in [0.25, 0.3) is 0 Å². The molecule has 0 saturated heterocycles. The van der Waals surface area contributed by atoms with E-state index in [-0.39, 0.29) is 12.0 Å². The van der Waals surface area contributed by atoms with Crippen molar-refractivity contribution < 1.29 is 9.53 Å². The second-order valence-corrected chi connectivity index (χ2v) is 4.64. The lowest BCUT2D eigenvalue weighted by atomic mass is 10.1. The van der Waals surface area contributed by atoms with Crippen LogP contribution in [0.5, 0.6) is 5.75 Å². The van der Waals surface area contributed by atoms with E-state index >= 15 is 0 Å². The number of carbonyl (C=O) groups excluding carboxylic acids is 1. The molecule has 1 aromatic carbocycles. The van der Waals surface area contributed by atoms with Crippen molar-refractivity contribution in [1.29, 1.82) is 0 Å². The summed E-state index contributed by atoms with van der Waals surface area (Å²) in [4.78, 5) is 13.8. The van der Waals surface area contributed by atoms with Crippen LogP contribution in [0.1, 0.15) is 19.4 Å². The molecule has 0 bridgehead atoms. The standard InChI is InChI=1S/C13H18N2O2/c1-8-4-5-11-12(6-8)17-9(2)7-15(11)13(16)10(3)14/h4-6,9-10H,7,14H2,1-3H3/t9-,10+/m0/s1. The fourth-order valence-corrected chi connectivity index (χ4v) is 2.00. The zero-order chi connectivity index (χ0) is 12.6. The van der Waals surface area contributed by atoms with Gasteiger partial charge in [-0.3, -0.25) is 4.79 Å². The average Bonchev–Trinajstić information content (AvgIpc) is 2.26. The van der Waals surface area contributed by atoms with Crippen LogP contribution >= 0.6 is 0 Å². The Kier molecular flexibility index (Phi) is 3.07. The molecule has 0 aliphatic carbocycles.